The van der Waals surface area contributed by atoms with E-state index in [0.29, 0.717) is 29.2 Å². The average molecular weight is 485 g/mol. The topological polar surface area (TPSA) is 77.2 Å². The second kappa shape index (κ2) is 8.06. The number of amides is 1. The van der Waals surface area contributed by atoms with Crippen molar-refractivity contribution in [1.29, 1.82) is 0 Å². The summed E-state index contributed by atoms with van der Waals surface area (Å²) in [6, 6.07) is 10.8. The lowest BCUT2D eigenvalue weighted by atomic mass is 10.1. The standard InChI is InChI=1S/C28H32N6O2/c1-29-24-18-8-9-21(24)34(15-18)28(35)19-11-20-25(23(13-19)36-3)32(2)27(31-20)22-12-17-5-4-10-30-26(17)33(22)14-16-6-7-16/h4-5,10-13,16,18,21,24,29H,6-9,14-15H2,1-3H3/t18-,21-,24-/m1/s1. The van der Waals surface area contributed by atoms with Gasteiger partial charge in [-0.05, 0) is 74.9 Å². The maximum Gasteiger partial charge on any atom is 0.254 e. The van der Waals surface area contributed by atoms with Crippen molar-refractivity contribution in [2.24, 2.45) is 18.9 Å². The van der Waals surface area contributed by atoms with Crippen molar-refractivity contribution in [2.45, 2.75) is 44.3 Å². The highest BCUT2D eigenvalue weighted by atomic mass is 16.5. The predicted molar refractivity (Wildman–Crippen MR) is 139 cm³/mol. The smallest absolute Gasteiger partial charge is 0.254 e. The number of imidazole rings is 1. The Kier molecular flexibility index (Phi) is 4.90. The SMILES string of the molecule is CN[C@@H]1[C@@H]2CC[C@H]1N(C(=O)c1cc(OC)c3c(c1)nc(-c1cc4cccnc4n1CC1CC1)n3C)C2. The lowest BCUT2D eigenvalue weighted by molar-refractivity contribution is 0.0698. The van der Waals surface area contributed by atoms with E-state index >= 15 is 0 Å². The first-order valence-corrected chi connectivity index (χ1v) is 13.0. The number of hydrogen-bond acceptors (Lipinski definition) is 5. The molecule has 1 N–H and O–H groups in total. The summed E-state index contributed by atoms with van der Waals surface area (Å²) >= 11 is 0. The van der Waals surface area contributed by atoms with Gasteiger partial charge < -0.3 is 24.1 Å². The number of methoxy groups -OCH3 is 1. The van der Waals surface area contributed by atoms with Crippen LogP contribution < -0.4 is 10.1 Å². The Bertz CT molecular complexity index is 1500. The van der Waals surface area contributed by atoms with Crippen molar-refractivity contribution in [3.8, 4) is 17.3 Å². The Morgan fingerprint density at radius 1 is 1.19 bits per heavy atom. The molecule has 1 saturated heterocycles. The van der Waals surface area contributed by atoms with E-state index in [9.17, 15) is 4.79 Å². The zero-order valence-electron chi connectivity index (χ0n) is 21.1. The van der Waals surface area contributed by atoms with Gasteiger partial charge in [-0.2, -0.15) is 0 Å². The first kappa shape index (κ1) is 21.9. The molecule has 3 aromatic heterocycles. The van der Waals surface area contributed by atoms with E-state index in [1.54, 1.807) is 7.11 Å². The summed E-state index contributed by atoms with van der Waals surface area (Å²) in [5, 5.41) is 4.55. The number of ether oxygens (including phenoxy) is 1. The molecular formula is C28H32N6O2. The molecule has 3 aliphatic rings. The molecule has 2 bridgehead atoms. The number of fused-ring (bicyclic) bond motifs is 4. The molecule has 0 radical (unpaired) electrons. The quantitative estimate of drug-likeness (QED) is 0.450. The monoisotopic (exact) mass is 484 g/mol. The molecule has 8 heteroatoms. The molecule has 0 spiro atoms. The van der Waals surface area contributed by atoms with Gasteiger partial charge in [0.25, 0.3) is 5.91 Å². The van der Waals surface area contributed by atoms with Crippen LogP contribution in [0.25, 0.3) is 33.6 Å². The second-order valence-electron chi connectivity index (χ2n) is 10.7. The largest absolute Gasteiger partial charge is 0.494 e. The molecule has 1 amide bonds. The number of aryl methyl sites for hydroxylation is 1. The number of carbonyl (C=O) groups is 1. The van der Waals surface area contributed by atoms with Crippen LogP contribution in [0.15, 0.2) is 36.5 Å². The zero-order chi connectivity index (χ0) is 24.6. The summed E-state index contributed by atoms with van der Waals surface area (Å²) in [4.78, 5) is 25.5. The number of piperidine rings is 1. The number of carbonyl (C=O) groups excluding carboxylic acids is 1. The van der Waals surface area contributed by atoms with Crippen molar-refractivity contribution in [1.82, 2.24) is 29.3 Å². The van der Waals surface area contributed by atoms with Crippen molar-refractivity contribution in [2.75, 3.05) is 20.7 Å². The van der Waals surface area contributed by atoms with Gasteiger partial charge in [-0.25, -0.2) is 9.97 Å². The van der Waals surface area contributed by atoms with Crippen LogP contribution in [-0.4, -0.2) is 62.7 Å². The number of hydrogen-bond donors (Lipinski definition) is 1. The van der Waals surface area contributed by atoms with Gasteiger partial charge in [0.2, 0.25) is 0 Å². The summed E-state index contributed by atoms with van der Waals surface area (Å²) in [5.41, 5.74) is 4.37. The van der Waals surface area contributed by atoms with Gasteiger partial charge in [-0.1, -0.05) is 0 Å². The number of likely N-dealkylation sites (tertiary alicyclic amines) is 1. The Labute approximate surface area is 210 Å². The van der Waals surface area contributed by atoms with Gasteiger partial charge in [0.1, 0.15) is 16.9 Å². The molecule has 0 unspecified atom stereocenters. The zero-order valence-corrected chi connectivity index (χ0v) is 21.1. The summed E-state index contributed by atoms with van der Waals surface area (Å²) in [5.74, 6) is 2.85. The second-order valence-corrected chi connectivity index (χ2v) is 10.7. The molecule has 1 aliphatic heterocycles. The average Bonchev–Trinajstić information content (AvgIpc) is 3.22. The van der Waals surface area contributed by atoms with Crippen LogP contribution in [-0.2, 0) is 13.6 Å². The Hall–Kier alpha value is -3.39. The van der Waals surface area contributed by atoms with E-state index < -0.39 is 0 Å². The minimum absolute atomic E-state index is 0.0712. The highest BCUT2D eigenvalue weighted by Crippen LogP contribution is 2.40. The van der Waals surface area contributed by atoms with Gasteiger partial charge in [-0.3, -0.25) is 4.79 Å². The van der Waals surface area contributed by atoms with E-state index in [4.69, 9.17) is 9.72 Å². The highest BCUT2D eigenvalue weighted by Gasteiger charge is 2.48. The maximum atomic E-state index is 13.7. The summed E-state index contributed by atoms with van der Waals surface area (Å²) in [6.45, 7) is 1.77. The minimum atomic E-state index is 0.0712. The van der Waals surface area contributed by atoms with Crippen LogP contribution in [0.4, 0.5) is 0 Å². The Balaban J connectivity index is 1.33. The summed E-state index contributed by atoms with van der Waals surface area (Å²) in [6.07, 6.45) is 6.64. The van der Waals surface area contributed by atoms with E-state index in [1.807, 2.05) is 38.5 Å². The molecule has 3 atom stereocenters. The summed E-state index contributed by atoms with van der Waals surface area (Å²) in [7, 11) is 5.70. The van der Waals surface area contributed by atoms with E-state index in [1.165, 1.54) is 19.3 Å². The van der Waals surface area contributed by atoms with E-state index in [-0.39, 0.29) is 11.9 Å². The van der Waals surface area contributed by atoms with E-state index in [0.717, 1.165) is 53.1 Å². The molecule has 36 heavy (non-hydrogen) atoms. The number of rotatable bonds is 6. The molecule has 8 nitrogen and oxygen atoms in total. The van der Waals surface area contributed by atoms with Crippen molar-refractivity contribution >= 4 is 28.0 Å². The third-order valence-corrected chi connectivity index (χ3v) is 8.60. The molecule has 4 aromatic rings. The van der Waals surface area contributed by atoms with Crippen LogP contribution >= 0.6 is 0 Å². The fraction of sp³-hybridized carbons (Fsp3) is 0.464. The Morgan fingerprint density at radius 2 is 2.06 bits per heavy atom. The van der Waals surface area contributed by atoms with Crippen molar-refractivity contribution < 1.29 is 9.53 Å². The van der Waals surface area contributed by atoms with Crippen LogP contribution in [0.1, 0.15) is 36.0 Å². The fourth-order valence-corrected chi connectivity index (χ4v) is 6.66. The fourth-order valence-electron chi connectivity index (χ4n) is 6.66. The molecule has 186 valence electrons. The number of nitrogens with zero attached hydrogens (tertiary/aromatic N) is 5. The number of likely N-dealkylation sites (N-methyl/N-ethyl adjacent to an activating group) is 1. The van der Waals surface area contributed by atoms with Crippen molar-refractivity contribution in [3.05, 3.63) is 42.1 Å². The van der Waals surface area contributed by atoms with Gasteiger partial charge in [0, 0.05) is 49.4 Å². The molecule has 1 aromatic carbocycles. The van der Waals surface area contributed by atoms with Crippen LogP contribution in [0, 0.1) is 11.8 Å². The summed E-state index contributed by atoms with van der Waals surface area (Å²) < 4.78 is 10.2. The predicted octanol–water partition coefficient (Wildman–Crippen LogP) is 3.83. The Morgan fingerprint density at radius 3 is 2.81 bits per heavy atom. The van der Waals surface area contributed by atoms with Gasteiger partial charge in [0.15, 0.2) is 5.82 Å². The number of aromatic nitrogens is 4. The van der Waals surface area contributed by atoms with Gasteiger partial charge in [0.05, 0.1) is 18.3 Å². The third-order valence-electron chi connectivity index (χ3n) is 8.60. The normalized spacial score (nSPS) is 23.3. The van der Waals surface area contributed by atoms with Crippen molar-refractivity contribution in [3.63, 3.8) is 0 Å². The van der Waals surface area contributed by atoms with Crippen LogP contribution in [0.5, 0.6) is 5.75 Å². The molecule has 3 fully saturated rings. The number of pyridine rings is 1. The third kappa shape index (κ3) is 3.20. The first-order valence-electron chi connectivity index (χ1n) is 13.0. The molecule has 2 saturated carbocycles. The molecule has 2 aliphatic carbocycles. The highest BCUT2D eigenvalue weighted by molar-refractivity contribution is 6.00. The number of nitrogens with one attached hydrogen (secondary N) is 1. The van der Waals surface area contributed by atoms with E-state index in [2.05, 4.69) is 36.5 Å². The van der Waals surface area contributed by atoms with Crippen LogP contribution in [0.3, 0.4) is 0 Å². The maximum absolute atomic E-state index is 13.7. The number of benzene rings is 1. The van der Waals surface area contributed by atoms with Gasteiger partial charge in [-0.15, -0.1) is 0 Å². The molecular weight excluding hydrogens is 452 g/mol. The first-order chi connectivity index (χ1) is 17.6. The molecule has 7 rings (SSSR count). The van der Waals surface area contributed by atoms with Gasteiger partial charge >= 0.3 is 0 Å². The lowest BCUT2D eigenvalue weighted by Crippen LogP contribution is -2.42. The van der Waals surface area contributed by atoms with Crippen LogP contribution in [0.2, 0.25) is 0 Å². The lowest BCUT2D eigenvalue weighted by Gasteiger charge is -2.27. The molecule has 4 heterocycles. The minimum Gasteiger partial charge on any atom is -0.494 e.